The highest BCUT2D eigenvalue weighted by Gasteiger charge is 2.23. The highest BCUT2D eigenvalue weighted by Crippen LogP contribution is 2.15. The van der Waals surface area contributed by atoms with Crippen LogP contribution in [0.2, 0.25) is 0 Å². The van der Waals surface area contributed by atoms with Crippen molar-refractivity contribution in [2.75, 3.05) is 18.4 Å². The molecule has 0 atom stereocenters. The molecule has 1 fully saturated rings. The Balaban J connectivity index is 1.40. The number of anilines is 1. The Morgan fingerprint density at radius 3 is 2.39 bits per heavy atom. The number of hydrogen-bond acceptors (Lipinski definition) is 2. The van der Waals surface area contributed by atoms with Crippen molar-refractivity contribution < 1.29 is 18.4 Å². The lowest BCUT2D eigenvalue weighted by atomic mass is 10.0. The van der Waals surface area contributed by atoms with E-state index in [0.717, 1.165) is 17.8 Å². The molecule has 2 aromatic rings. The number of para-hydroxylation sites is 1. The van der Waals surface area contributed by atoms with Crippen LogP contribution in [0.4, 0.5) is 19.3 Å². The van der Waals surface area contributed by atoms with Crippen molar-refractivity contribution in [2.24, 2.45) is 0 Å². The zero-order chi connectivity index (χ0) is 19.9. The predicted molar refractivity (Wildman–Crippen MR) is 103 cm³/mol. The molecule has 3 amide bonds. The number of urea groups is 1. The van der Waals surface area contributed by atoms with E-state index in [1.807, 2.05) is 30.3 Å². The number of hydrogen-bond donors (Lipinski definition) is 2. The Bertz CT molecular complexity index is 822. The molecule has 5 nitrogen and oxygen atoms in total. The highest BCUT2D eigenvalue weighted by atomic mass is 19.2. The molecule has 0 spiro atoms. The molecule has 3 rings (SSSR count). The van der Waals surface area contributed by atoms with Crippen LogP contribution in [0.5, 0.6) is 0 Å². The second-order valence-electron chi connectivity index (χ2n) is 6.87. The molecular formula is C21H23F2N3O2. The lowest BCUT2D eigenvalue weighted by Gasteiger charge is -2.32. The van der Waals surface area contributed by atoms with Gasteiger partial charge in [0.2, 0.25) is 5.91 Å². The van der Waals surface area contributed by atoms with Crippen LogP contribution in [0.25, 0.3) is 0 Å². The molecule has 1 saturated heterocycles. The van der Waals surface area contributed by atoms with Crippen LogP contribution in [0.3, 0.4) is 0 Å². The summed E-state index contributed by atoms with van der Waals surface area (Å²) in [5, 5.41) is 5.71. The van der Waals surface area contributed by atoms with E-state index in [1.165, 1.54) is 6.07 Å². The SMILES string of the molecule is O=C(Nc1ccccc1)NC1CCN(C(=O)CCc2ccc(F)c(F)c2)CC1. The van der Waals surface area contributed by atoms with Gasteiger partial charge >= 0.3 is 6.03 Å². The minimum Gasteiger partial charge on any atom is -0.343 e. The van der Waals surface area contributed by atoms with Gasteiger partial charge in [-0.25, -0.2) is 13.6 Å². The zero-order valence-electron chi connectivity index (χ0n) is 15.5. The summed E-state index contributed by atoms with van der Waals surface area (Å²) in [5.41, 5.74) is 1.33. The molecule has 1 aliphatic rings. The Labute approximate surface area is 162 Å². The molecule has 0 radical (unpaired) electrons. The largest absolute Gasteiger partial charge is 0.343 e. The van der Waals surface area contributed by atoms with Gasteiger partial charge in [0.15, 0.2) is 11.6 Å². The first-order valence-corrected chi connectivity index (χ1v) is 9.35. The minimum absolute atomic E-state index is 0.0129. The van der Waals surface area contributed by atoms with Gasteiger partial charge in [0.25, 0.3) is 0 Å². The van der Waals surface area contributed by atoms with Crippen molar-refractivity contribution in [3.63, 3.8) is 0 Å². The van der Waals surface area contributed by atoms with Crippen molar-refractivity contribution >= 4 is 17.6 Å². The number of halogens is 2. The monoisotopic (exact) mass is 387 g/mol. The number of nitrogens with zero attached hydrogens (tertiary/aromatic N) is 1. The van der Waals surface area contributed by atoms with Gasteiger partial charge in [-0.2, -0.15) is 0 Å². The maximum atomic E-state index is 13.2. The van der Waals surface area contributed by atoms with E-state index in [2.05, 4.69) is 10.6 Å². The molecule has 0 unspecified atom stereocenters. The fourth-order valence-corrected chi connectivity index (χ4v) is 3.25. The van der Waals surface area contributed by atoms with Crippen LogP contribution in [-0.4, -0.2) is 36.0 Å². The molecule has 2 aromatic carbocycles. The van der Waals surface area contributed by atoms with Gasteiger partial charge in [0.05, 0.1) is 0 Å². The summed E-state index contributed by atoms with van der Waals surface area (Å²) in [7, 11) is 0. The molecule has 28 heavy (non-hydrogen) atoms. The van der Waals surface area contributed by atoms with Crippen molar-refractivity contribution in [2.45, 2.75) is 31.7 Å². The summed E-state index contributed by atoms with van der Waals surface area (Å²) in [4.78, 5) is 26.2. The number of piperidine rings is 1. The Morgan fingerprint density at radius 2 is 1.71 bits per heavy atom. The number of carbonyl (C=O) groups excluding carboxylic acids is 2. The fraction of sp³-hybridized carbons (Fsp3) is 0.333. The Kier molecular flexibility index (Phi) is 6.57. The maximum absolute atomic E-state index is 13.2. The Morgan fingerprint density at radius 1 is 1.00 bits per heavy atom. The number of amides is 3. The van der Waals surface area contributed by atoms with Gasteiger partial charge in [-0.3, -0.25) is 4.79 Å². The topological polar surface area (TPSA) is 61.4 Å². The van der Waals surface area contributed by atoms with Gasteiger partial charge < -0.3 is 15.5 Å². The first-order valence-electron chi connectivity index (χ1n) is 9.35. The van der Waals surface area contributed by atoms with Crippen LogP contribution >= 0.6 is 0 Å². The summed E-state index contributed by atoms with van der Waals surface area (Å²) in [6.45, 7) is 1.12. The average Bonchev–Trinajstić information content (AvgIpc) is 2.70. The first kappa shape index (κ1) is 19.8. The molecule has 0 bridgehead atoms. The van der Waals surface area contributed by atoms with Crippen LogP contribution in [0.1, 0.15) is 24.8 Å². The third-order valence-electron chi connectivity index (χ3n) is 4.83. The van der Waals surface area contributed by atoms with Crippen molar-refractivity contribution in [1.29, 1.82) is 0 Å². The van der Waals surface area contributed by atoms with E-state index in [-0.39, 0.29) is 24.4 Å². The summed E-state index contributed by atoms with van der Waals surface area (Å²) in [6, 6.07) is 12.7. The van der Waals surface area contributed by atoms with Gasteiger partial charge in [-0.1, -0.05) is 24.3 Å². The predicted octanol–water partition coefficient (Wildman–Crippen LogP) is 3.71. The van der Waals surface area contributed by atoms with E-state index >= 15 is 0 Å². The van der Waals surface area contributed by atoms with E-state index in [1.54, 1.807) is 4.90 Å². The quantitative estimate of drug-likeness (QED) is 0.822. The molecule has 1 heterocycles. The van der Waals surface area contributed by atoms with E-state index < -0.39 is 11.6 Å². The van der Waals surface area contributed by atoms with E-state index in [4.69, 9.17) is 0 Å². The number of nitrogens with one attached hydrogen (secondary N) is 2. The second kappa shape index (κ2) is 9.30. The molecule has 1 aliphatic heterocycles. The molecule has 148 valence electrons. The van der Waals surface area contributed by atoms with Gasteiger partial charge in [-0.15, -0.1) is 0 Å². The number of rotatable bonds is 5. The maximum Gasteiger partial charge on any atom is 0.319 e. The van der Waals surface area contributed by atoms with Gasteiger partial charge in [0.1, 0.15) is 0 Å². The molecule has 0 saturated carbocycles. The van der Waals surface area contributed by atoms with E-state index in [9.17, 15) is 18.4 Å². The summed E-state index contributed by atoms with van der Waals surface area (Å²) in [6.07, 6.45) is 1.98. The molecule has 2 N–H and O–H groups in total. The minimum atomic E-state index is -0.898. The third-order valence-corrected chi connectivity index (χ3v) is 4.83. The second-order valence-corrected chi connectivity index (χ2v) is 6.87. The summed E-state index contributed by atoms with van der Waals surface area (Å²) in [5.74, 6) is -1.80. The van der Waals surface area contributed by atoms with Crippen molar-refractivity contribution in [3.8, 4) is 0 Å². The fourth-order valence-electron chi connectivity index (χ4n) is 3.25. The van der Waals surface area contributed by atoms with Crippen LogP contribution in [-0.2, 0) is 11.2 Å². The van der Waals surface area contributed by atoms with Crippen molar-refractivity contribution in [1.82, 2.24) is 10.2 Å². The van der Waals surface area contributed by atoms with Crippen LogP contribution < -0.4 is 10.6 Å². The summed E-state index contributed by atoms with van der Waals surface area (Å²) >= 11 is 0. The standard InChI is InChI=1S/C21H23F2N3O2/c22-18-8-6-15(14-19(18)23)7-9-20(27)26-12-10-17(11-13-26)25-21(28)24-16-4-2-1-3-5-16/h1-6,8,14,17H,7,9-13H2,(H2,24,25,28). The molecule has 7 heteroatoms. The zero-order valence-corrected chi connectivity index (χ0v) is 15.5. The Hall–Kier alpha value is -2.96. The lowest BCUT2D eigenvalue weighted by molar-refractivity contribution is -0.132. The highest BCUT2D eigenvalue weighted by molar-refractivity contribution is 5.89. The van der Waals surface area contributed by atoms with Crippen LogP contribution in [0.15, 0.2) is 48.5 Å². The van der Waals surface area contributed by atoms with Crippen molar-refractivity contribution in [3.05, 3.63) is 65.7 Å². The number of benzene rings is 2. The smallest absolute Gasteiger partial charge is 0.319 e. The molecular weight excluding hydrogens is 364 g/mol. The van der Waals surface area contributed by atoms with Gasteiger partial charge in [0, 0.05) is 31.2 Å². The number of likely N-dealkylation sites (tertiary alicyclic amines) is 1. The lowest BCUT2D eigenvalue weighted by Crippen LogP contribution is -2.47. The van der Waals surface area contributed by atoms with E-state index in [0.29, 0.717) is 37.9 Å². The molecule has 0 aliphatic carbocycles. The van der Waals surface area contributed by atoms with Crippen LogP contribution in [0, 0.1) is 11.6 Å². The normalized spacial score (nSPS) is 14.6. The molecule has 0 aromatic heterocycles. The third kappa shape index (κ3) is 5.52. The first-order chi connectivity index (χ1) is 13.5. The number of carbonyl (C=O) groups is 2. The average molecular weight is 387 g/mol. The summed E-state index contributed by atoms with van der Waals surface area (Å²) < 4.78 is 26.2. The number of aryl methyl sites for hydroxylation is 1. The van der Waals surface area contributed by atoms with Gasteiger partial charge in [-0.05, 0) is 49.1 Å².